The molecule has 6 nitrogen and oxygen atoms in total. The number of rotatable bonds is 6. The second kappa shape index (κ2) is 8.87. The van der Waals surface area contributed by atoms with Gasteiger partial charge in [-0.1, -0.05) is 46.3 Å². The van der Waals surface area contributed by atoms with Gasteiger partial charge in [-0.15, -0.1) is 0 Å². The number of piperidine rings is 1. The Morgan fingerprint density at radius 1 is 1.19 bits per heavy atom. The summed E-state index contributed by atoms with van der Waals surface area (Å²) in [6.07, 6.45) is 2.81. The van der Waals surface area contributed by atoms with Gasteiger partial charge in [-0.2, -0.15) is 0 Å². The first-order valence-electron chi connectivity index (χ1n) is 11.5. The number of benzene rings is 2. The van der Waals surface area contributed by atoms with Crippen LogP contribution in [0.3, 0.4) is 0 Å². The van der Waals surface area contributed by atoms with Crippen LogP contribution in [0.2, 0.25) is 0 Å². The van der Waals surface area contributed by atoms with Crippen LogP contribution in [0.4, 0.5) is 0 Å². The fourth-order valence-corrected chi connectivity index (χ4v) is 5.52. The number of carbonyl (C=O) groups excluding carboxylic acids is 1. The number of H-pyrrole nitrogens is 1. The van der Waals surface area contributed by atoms with Crippen molar-refractivity contribution in [2.75, 3.05) is 19.6 Å². The number of hydrogen-bond acceptors (Lipinski definition) is 3. The van der Waals surface area contributed by atoms with E-state index in [1.54, 1.807) is 0 Å². The van der Waals surface area contributed by atoms with Crippen molar-refractivity contribution in [2.24, 2.45) is 5.92 Å². The van der Waals surface area contributed by atoms with E-state index in [-0.39, 0.29) is 29.6 Å². The summed E-state index contributed by atoms with van der Waals surface area (Å²) >= 11 is 3.47. The van der Waals surface area contributed by atoms with Crippen LogP contribution < -0.4 is 11.0 Å². The summed E-state index contributed by atoms with van der Waals surface area (Å²) in [5, 5.41) is 3.22. The number of likely N-dealkylation sites (tertiary alicyclic amines) is 1. The van der Waals surface area contributed by atoms with Crippen LogP contribution in [0.15, 0.2) is 57.8 Å². The highest BCUT2D eigenvalue weighted by atomic mass is 79.9. The number of aromatic nitrogens is 2. The molecule has 2 N–H and O–H groups in total. The van der Waals surface area contributed by atoms with Crippen LogP contribution in [0, 0.1) is 5.92 Å². The van der Waals surface area contributed by atoms with Crippen LogP contribution in [0.1, 0.15) is 43.7 Å². The monoisotopic (exact) mass is 496 g/mol. The van der Waals surface area contributed by atoms with Gasteiger partial charge in [0, 0.05) is 42.1 Å². The lowest BCUT2D eigenvalue weighted by molar-refractivity contribution is -0.123. The number of nitrogens with zero attached hydrogens (tertiary/aromatic N) is 2. The van der Waals surface area contributed by atoms with Crippen molar-refractivity contribution in [2.45, 2.75) is 44.2 Å². The van der Waals surface area contributed by atoms with Crippen molar-refractivity contribution in [1.82, 2.24) is 19.8 Å². The van der Waals surface area contributed by atoms with Gasteiger partial charge in [-0.05, 0) is 55.9 Å². The minimum Gasteiger partial charge on any atom is -0.352 e. The highest BCUT2D eigenvalue weighted by Crippen LogP contribution is 2.47. The molecule has 3 atom stereocenters. The zero-order valence-electron chi connectivity index (χ0n) is 18.3. The van der Waals surface area contributed by atoms with E-state index < -0.39 is 0 Å². The maximum Gasteiger partial charge on any atom is 0.326 e. The van der Waals surface area contributed by atoms with Gasteiger partial charge in [-0.25, -0.2) is 4.79 Å². The van der Waals surface area contributed by atoms with E-state index in [1.165, 1.54) is 5.56 Å². The summed E-state index contributed by atoms with van der Waals surface area (Å²) in [4.78, 5) is 30.6. The molecule has 2 aromatic carbocycles. The molecule has 1 aliphatic carbocycles. The second-order valence-corrected chi connectivity index (χ2v) is 10.2. The molecule has 2 aliphatic rings. The summed E-state index contributed by atoms with van der Waals surface area (Å²) in [6, 6.07) is 16.6. The Kier molecular flexibility index (Phi) is 5.95. The summed E-state index contributed by atoms with van der Waals surface area (Å²) in [7, 11) is 0. The first-order valence-corrected chi connectivity index (χ1v) is 12.3. The number of imidazole rings is 1. The van der Waals surface area contributed by atoms with E-state index in [0.717, 1.165) is 54.4 Å². The third kappa shape index (κ3) is 4.41. The molecule has 168 valence electrons. The smallest absolute Gasteiger partial charge is 0.326 e. The van der Waals surface area contributed by atoms with E-state index in [1.807, 2.05) is 41.0 Å². The molecular formula is C25H29BrN4O2. The number of amides is 1. The third-order valence-corrected chi connectivity index (χ3v) is 7.37. The van der Waals surface area contributed by atoms with Gasteiger partial charge in [0.1, 0.15) is 0 Å². The number of nitrogens with one attached hydrogen (secondary N) is 2. The minimum absolute atomic E-state index is 0.0328. The second-order valence-electron chi connectivity index (χ2n) is 9.26. The van der Waals surface area contributed by atoms with Gasteiger partial charge in [0.2, 0.25) is 5.91 Å². The molecule has 0 spiro atoms. The van der Waals surface area contributed by atoms with E-state index in [4.69, 9.17) is 0 Å². The zero-order chi connectivity index (χ0) is 22.2. The first-order chi connectivity index (χ1) is 15.5. The molecule has 1 aromatic heterocycles. The molecule has 1 aliphatic heterocycles. The normalized spacial score (nSPS) is 22.7. The Morgan fingerprint density at radius 2 is 1.94 bits per heavy atom. The number of carbonyl (C=O) groups is 1. The quantitative estimate of drug-likeness (QED) is 0.540. The molecule has 2 fully saturated rings. The lowest BCUT2D eigenvalue weighted by Crippen LogP contribution is -2.45. The van der Waals surface area contributed by atoms with Crippen LogP contribution in [-0.2, 0) is 4.79 Å². The standard InChI is InChI=1S/C25H29BrN4O2/c1-16(27-24(31)21-14-20(21)17-5-3-2-4-6-17)15-29-11-9-19(10-12-29)30-23-8-7-18(26)13-22(23)28-25(30)32/h2-8,13,16,19-21H,9-12,14-15H2,1H3,(H,27,31)(H,28,32)/t16-,20+,21?/m0/s1. The number of hydrogen-bond donors (Lipinski definition) is 2. The Bertz CT molecular complexity index is 1160. The van der Waals surface area contributed by atoms with E-state index >= 15 is 0 Å². The maximum atomic E-state index is 12.7. The largest absolute Gasteiger partial charge is 0.352 e. The van der Waals surface area contributed by atoms with Gasteiger partial charge in [0.25, 0.3) is 0 Å². The molecule has 0 bridgehead atoms. The van der Waals surface area contributed by atoms with Crippen LogP contribution in [-0.4, -0.2) is 46.0 Å². The van der Waals surface area contributed by atoms with E-state index in [2.05, 4.69) is 50.2 Å². The summed E-state index contributed by atoms with van der Waals surface area (Å²) in [6.45, 7) is 4.79. The molecule has 1 unspecified atom stereocenters. The van der Waals surface area contributed by atoms with Crippen molar-refractivity contribution < 1.29 is 4.79 Å². The van der Waals surface area contributed by atoms with Gasteiger partial charge in [0.15, 0.2) is 0 Å². The predicted octanol–water partition coefficient (Wildman–Crippen LogP) is 4.04. The topological polar surface area (TPSA) is 70.1 Å². The Balaban J connectivity index is 1.13. The number of aromatic amines is 1. The fourth-order valence-electron chi connectivity index (χ4n) is 5.16. The first kappa shape index (κ1) is 21.5. The molecule has 1 saturated heterocycles. The van der Waals surface area contributed by atoms with Crippen molar-refractivity contribution in [1.29, 1.82) is 0 Å². The van der Waals surface area contributed by atoms with Crippen LogP contribution in [0.25, 0.3) is 11.0 Å². The average molecular weight is 497 g/mol. The molecule has 2 heterocycles. The minimum atomic E-state index is -0.0328. The van der Waals surface area contributed by atoms with Gasteiger partial charge in [0.05, 0.1) is 11.0 Å². The average Bonchev–Trinajstić information content (AvgIpc) is 3.52. The lowest BCUT2D eigenvalue weighted by Gasteiger charge is -2.34. The molecule has 7 heteroatoms. The summed E-state index contributed by atoms with van der Waals surface area (Å²) < 4.78 is 2.88. The van der Waals surface area contributed by atoms with Gasteiger partial charge >= 0.3 is 5.69 Å². The van der Waals surface area contributed by atoms with Gasteiger partial charge < -0.3 is 15.2 Å². The molecular weight excluding hydrogens is 468 g/mol. The third-order valence-electron chi connectivity index (χ3n) is 6.88. The van der Waals surface area contributed by atoms with Crippen molar-refractivity contribution in [3.8, 4) is 0 Å². The molecule has 1 amide bonds. The molecule has 32 heavy (non-hydrogen) atoms. The molecule has 3 aromatic rings. The Labute approximate surface area is 196 Å². The number of fused-ring (bicyclic) bond motifs is 1. The maximum absolute atomic E-state index is 12.7. The highest BCUT2D eigenvalue weighted by molar-refractivity contribution is 9.10. The SMILES string of the molecule is C[C@@H](CN1CCC(n2c(=O)[nH]c3cc(Br)ccc32)CC1)NC(=O)C1C[C@@H]1c1ccccc1. The van der Waals surface area contributed by atoms with Gasteiger partial charge in [-0.3, -0.25) is 9.36 Å². The molecule has 5 rings (SSSR count). The van der Waals surface area contributed by atoms with E-state index in [9.17, 15) is 9.59 Å². The van der Waals surface area contributed by atoms with E-state index in [0.29, 0.717) is 5.92 Å². The lowest BCUT2D eigenvalue weighted by atomic mass is 10.0. The Morgan fingerprint density at radius 3 is 2.69 bits per heavy atom. The predicted molar refractivity (Wildman–Crippen MR) is 130 cm³/mol. The van der Waals surface area contributed by atoms with Crippen molar-refractivity contribution >= 4 is 32.9 Å². The molecule has 1 saturated carbocycles. The van der Waals surface area contributed by atoms with Crippen molar-refractivity contribution in [3.05, 3.63) is 69.1 Å². The fraction of sp³-hybridized carbons (Fsp3) is 0.440. The summed E-state index contributed by atoms with van der Waals surface area (Å²) in [5.41, 5.74) is 3.07. The molecule has 0 radical (unpaired) electrons. The summed E-state index contributed by atoms with van der Waals surface area (Å²) in [5.74, 6) is 0.659. The van der Waals surface area contributed by atoms with Crippen LogP contribution in [0.5, 0.6) is 0 Å². The number of halogens is 1. The van der Waals surface area contributed by atoms with Crippen molar-refractivity contribution in [3.63, 3.8) is 0 Å². The zero-order valence-corrected chi connectivity index (χ0v) is 19.8. The Hall–Kier alpha value is -2.38. The van der Waals surface area contributed by atoms with Crippen LogP contribution >= 0.6 is 15.9 Å². The highest BCUT2D eigenvalue weighted by Gasteiger charge is 2.44.